The molecule has 2 aromatic rings. The summed E-state index contributed by atoms with van der Waals surface area (Å²) in [4.78, 5) is 17.9. The van der Waals surface area contributed by atoms with Crippen molar-refractivity contribution < 1.29 is 9.53 Å². The molecule has 1 unspecified atom stereocenters. The number of H-pyrrole nitrogens is 1. The highest BCUT2D eigenvalue weighted by molar-refractivity contribution is 5.95. The number of aryl methyl sites for hydroxylation is 3. The van der Waals surface area contributed by atoms with Gasteiger partial charge >= 0.3 is 0 Å². The number of carbonyl (C=O) groups is 1. The molecule has 1 aliphatic rings. The van der Waals surface area contributed by atoms with Crippen LogP contribution in [-0.4, -0.2) is 45.3 Å². The maximum atomic E-state index is 12.9. The van der Waals surface area contributed by atoms with E-state index in [0.29, 0.717) is 19.8 Å². The predicted octanol–water partition coefficient (Wildman–Crippen LogP) is 1.89. The van der Waals surface area contributed by atoms with Gasteiger partial charge in [0.25, 0.3) is 5.91 Å². The number of aromatic nitrogens is 3. The molecule has 0 saturated carbocycles. The van der Waals surface area contributed by atoms with E-state index < -0.39 is 0 Å². The van der Waals surface area contributed by atoms with Gasteiger partial charge in [-0.1, -0.05) is 0 Å². The number of morpholine rings is 1. The molecule has 2 aromatic heterocycles. The van der Waals surface area contributed by atoms with E-state index >= 15 is 0 Å². The molecule has 1 aliphatic heterocycles. The average molecular weight is 302 g/mol. The summed E-state index contributed by atoms with van der Waals surface area (Å²) < 4.78 is 7.51. The molecule has 22 heavy (non-hydrogen) atoms. The fourth-order valence-electron chi connectivity index (χ4n) is 3.20. The first-order valence-corrected chi connectivity index (χ1v) is 7.53. The van der Waals surface area contributed by atoms with E-state index in [1.807, 2.05) is 43.5 Å². The number of ether oxygens (including phenoxy) is 1. The van der Waals surface area contributed by atoms with Gasteiger partial charge in [-0.3, -0.25) is 9.48 Å². The molecular weight excluding hydrogens is 280 g/mol. The number of carbonyl (C=O) groups excluding carboxylic acids is 1. The van der Waals surface area contributed by atoms with E-state index in [1.54, 1.807) is 6.20 Å². The number of aromatic amines is 1. The highest BCUT2D eigenvalue weighted by Crippen LogP contribution is 2.30. The number of amides is 1. The van der Waals surface area contributed by atoms with Gasteiger partial charge in [0, 0.05) is 36.7 Å². The molecule has 1 atom stereocenters. The van der Waals surface area contributed by atoms with Gasteiger partial charge in [-0.25, -0.2) is 0 Å². The van der Waals surface area contributed by atoms with Crippen LogP contribution in [0.1, 0.15) is 39.0 Å². The van der Waals surface area contributed by atoms with Crippen molar-refractivity contribution >= 4 is 5.91 Å². The Kier molecular flexibility index (Phi) is 3.78. The van der Waals surface area contributed by atoms with E-state index in [-0.39, 0.29) is 11.9 Å². The molecule has 0 spiro atoms. The summed E-state index contributed by atoms with van der Waals surface area (Å²) in [6.07, 6.45) is 1.80. The molecule has 1 N–H and O–H groups in total. The Morgan fingerprint density at radius 1 is 1.41 bits per heavy atom. The smallest absolute Gasteiger partial charge is 0.256 e. The van der Waals surface area contributed by atoms with Crippen molar-refractivity contribution in [3.05, 3.63) is 40.5 Å². The molecule has 0 bridgehead atoms. The molecular formula is C16H22N4O2. The first kappa shape index (κ1) is 14.8. The van der Waals surface area contributed by atoms with Crippen LogP contribution in [0.2, 0.25) is 0 Å². The SMILES string of the molecule is Cc1nn(C)c(C)c1C1COCCN1C(=O)c1cc[nH]c1C. The standard InChI is InChI=1S/C16H22N4O2/c1-10-13(5-6-17-10)16(21)20-7-8-22-9-14(20)15-11(2)18-19(4)12(15)3/h5-6,14,17H,7-9H2,1-4H3. The Bertz CT molecular complexity index is 701. The van der Waals surface area contributed by atoms with Crippen molar-refractivity contribution in [1.82, 2.24) is 19.7 Å². The maximum absolute atomic E-state index is 12.9. The highest BCUT2D eigenvalue weighted by Gasteiger charge is 2.33. The van der Waals surface area contributed by atoms with Crippen LogP contribution in [0.15, 0.2) is 12.3 Å². The summed E-state index contributed by atoms with van der Waals surface area (Å²) in [5.41, 5.74) is 4.76. The summed E-state index contributed by atoms with van der Waals surface area (Å²) in [7, 11) is 1.93. The summed E-state index contributed by atoms with van der Waals surface area (Å²) in [5.74, 6) is 0.0507. The lowest BCUT2D eigenvalue weighted by Gasteiger charge is -2.36. The topological polar surface area (TPSA) is 63.1 Å². The Morgan fingerprint density at radius 2 is 2.18 bits per heavy atom. The predicted molar refractivity (Wildman–Crippen MR) is 82.8 cm³/mol. The second-order valence-electron chi connectivity index (χ2n) is 5.81. The van der Waals surface area contributed by atoms with Crippen LogP contribution in [0.4, 0.5) is 0 Å². The summed E-state index contributed by atoms with van der Waals surface area (Å²) in [6, 6.07) is 1.76. The molecule has 6 nitrogen and oxygen atoms in total. The van der Waals surface area contributed by atoms with Crippen molar-refractivity contribution in [3.8, 4) is 0 Å². The highest BCUT2D eigenvalue weighted by atomic mass is 16.5. The Morgan fingerprint density at radius 3 is 2.77 bits per heavy atom. The van der Waals surface area contributed by atoms with Gasteiger partial charge in [0.1, 0.15) is 0 Å². The summed E-state index contributed by atoms with van der Waals surface area (Å²) in [5, 5.41) is 4.48. The third-order valence-corrected chi connectivity index (χ3v) is 4.47. The zero-order valence-electron chi connectivity index (χ0n) is 13.5. The largest absolute Gasteiger partial charge is 0.377 e. The summed E-state index contributed by atoms with van der Waals surface area (Å²) in [6.45, 7) is 7.63. The third kappa shape index (κ3) is 2.33. The average Bonchev–Trinajstić information content (AvgIpc) is 3.03. The minimum Gasteiger partial charge on any atom is -0.377 e. The quantitative estimate of drug-likeness (QED) is 0.921. The van der Waals surface area contributed by atoms with Crippen LogP contribution in [0.25, 0.3) is 0 Å². The molecule has 0 aromatic carbocycles. The first-order chi connectivity index (χ1) is 10.5. The molecule has 0 aliphatic carbocycles. The van der Waals surface area contributed by atoms with Gasteiger partial charge < -0.3 is 14.6 Å². The van der Waals surface area contributed by atoms with Crippen LogP contribution < -0.4 is 0 Å². The fourth-order valence-corrected chi connectivity index (χ4v) is 3.20. The minimum absolute atomic E-state index is 0.0507. The second kappa shape index (κ2) is 5.61. The molecule has 1 saturated heterocycles. The molecule has 6 heteroatoms. The Balaban J connectivity index is 1.98. The molecule has 1 amide bonds. The van der Waals surface area contributed by atoms with Crippen LogP contribution in [-0.2, 0) is 11.8 Å². The van der Waals surface area contributed by atoms with Crippen molar-refractivity contribution in [2.24, 2.45) is 7.05 Å². The van der Waals surface area contributed by atoms with Crippen LogP contribution in [0.5, 0.6) is 0 Å². The monoisotopic (exact) mass is 302 g/mol. The van der Waals surface area contributed by atoms with Crippen molar-refractivity contribution in [2.45, 2.75) is 26.8 Å². The Labute approximate surface area is 130 Å². The van der Waals surface area contributed by atoms with Crippen LogP contribution in [0.3, 0.4) is 0 Å². The summed E-state index contributed by atoms with van der Waals surface area (Å²) >= 11 is 0. The van der Waals surface area contributed by atoms with E-state index in [0.717, 1.165) is 28.2 Å². The second-order valence-corrected chi connectivity index (χ2v) is 5.81. The lowest BCUT2D eigenvalue weighted by molar-refractivity contribution is -0.00307. The van der Waals surface area contributed by atoms with Crippen molar-refractivity contribution in [3.63, 3.8) is 0 Å². The van der Waals surface area contributed by atoms with Gasteiger partial charge in [-0.2, -0.15) is 5.10 Å². The number of rotatable bonds is 2. The molecule has 118 valence electrons. The maximum Gasteiger partial charge on any atom is 0.256 e. The lowest BCUT2D eigenvalue weighted by Crippen LogP contribution is -2.43. The zero-order valence-corrected chi connectivity index (χ0v) is 13.5. The molecule has 3 heterocycles. The number of hydrogen-bond donors (Lipinski definition) is 1. The van der Waals surface area contributed by atoms with Gasteiger partial charge in [0.15, 0.2) is 0 Å². The number of nitrogens with one attached hydrogen (secondary N) is 1. The van der Waals surface area contributed by atoms with E-state index in [4.69, 9.17) is 4.74 Å². The van der Waals surface area contributed by atoms with Gasteiger partial charge in [-0.15, -0.1) is 0 Å². The molecule has 0 radical (unpaired) electrons. The first-order valence-electron chi connectivity index (χ1n) is 7.53. The van der Waals surface area contributed by atoms with Crippen LogP contribution in [0, 0.1) is 20.8 Å². The normalized spacial score (nSPS) is 18.7. The molecule has 3 rings (SSSR count). The van der Waals surface area contributed by atoms with Crippen LogP contribution >= 0.6 is 0 Å². The van der Waals surface area contributed by atoms with E-state index in [1.165, 1.54) is 0 Å². The zero-order chi connectivity index (χ0) is 15.9. The van der Waals surface area contributed by atoms with Crippen molar-refractivity contribution in [2.75, 3.05) is 19.8 Å². The third-order valence-electron chi connectivity index (χ3n) is 4.47. The lowest BCUT2D eigenvalue weighted by atomic mass is 10.0. The number of nitrogens with zero attached hydrogens (tertiary/aromatic N) is 3. The van der Waals surface area contributed by atoms with Gasteiger partial charge in [0.05, 0.1) is 30.5 Å². The number of hydrogen-bond acceptors (Lipinski definition) is 3. The van der Waals surface area contributed by atoms with E-state index in [9.17, 15) is 4.79 Å². The van der Waals surface area contributed by atoms with E-state index in [2.05, 4.69) is 10.1 Å². The molecule has 1 fully saturated rings. The Hall–Kier alpha value is -2.08. The fraction of sp³-hybridized carbons (Fsp3) is 0.500. The minimum atomic E-state index is -0.0794. The van der Waals surface area contributed by atoms with Gasteiger partial charge in [-0.05, 0) is 26.8 Å². The van der Waals surface area contributed by atoms with Crippen molar-refractivity contribution in [1.29, 1.82) is 0 Å². The van der Waals surface area contributed by atoms with Gasteiger partial charge in [0.2, 0.25) is 0 Å².